The number of hydrazone groups is 1. The first-order chi connectivity index (χ1) is 11.3. The SMILES string of the molecule is Cc1ccc(Oc2ccc(C=NNc3ccccn3)cc2)cc1. The molecule has 0 radical (unpaired) electrons. The van der Waals surface area contributed by atoms with Gasteiger partial charge < -0.3 is 4.74 Å². The molecule has 114 valence electrons. The van der Waals surface area contributed by atoms with E-state index in [1.807, 2.05) is 66.7 Å². The van der Waals surface area contributed by atoms with Crippen LogP contribution in [0.25, 0.3) is 0 Å². The van der Waals surface area contributed by atoms with E-state index in [1.54, 1.807) is 12.4 Å². The number of hydrogen-bond acceptors (Lipinski definition) is 4. The minimum absolute atomic E-state index is 0.711. The molecule has 0 fully saturated rings. The van der Waals surface area contributed by atoms with Crippen LogP contribution in [0.3, 0.4) is 0 Å². The van der Waals surface area contributed by atoms with Crippen molar-refractivity contribution < 1.29 is 4.74 Å². The Morgan fingerprint density at radius 3 is 2.26 bits per heavy atom. The summed E-state index contributed by atoms with van der Waals surface area (Å²) in [6.07, 6.45) is 3.46. The lowest BCUT2D eigenvalue weighted by Gasteiger charge is -2.06. The number of aryl methyl sites for hydroxylation is 1. The van der Waals surface area contributed by atoms with Crippen molar-refractivity contribution in [2.24, 2.45) is 5.10 Å². The fourth-order valence-electron chi connectivity index (χ4n) is 1.97. The lowest BCUT2D eigenvalue weighted by Crippen LogP contribution is -1.92. The molecular formula is C19H17N3O. The molecule has 4 nitrogen and oxygen atoms in total. The van der Waals surface area contributed by atoms with Gasteiger partial charge >= 0.3 is 0 Å². The van der Waals surface area contributed by atoms with Crippen molar-refractivity contribution in [2.75, 3.05) is 5.43 Å². The first kappa shape index (κ1) is 14.8. The molecule has 0 aliphatic carbocycles. The zero-order chi connectivity index (χ0) is 15.9. The van der Waals surface area contributed by atoms with E-state index in [0.717, 1.165) is 17.1 Å². The van der Waals surface area contributed by atoms with Crippen LogP contribution in [0, 0.1) is 6.92 Å². The number of benzene rings is 2. The van der Waals surface area contributed by atoms with Crippen molar-refractivity contribution in [3.05, 3.63) is 84.1 Å². The first-order valence-corrected chi connectivity index (χ1v) is 7.34. The van der Waals surface area contributed by atoms with Gasteiger partial charge in [0, 0.05) is 6.20 Å². The van der Waals surface area contributed by atoms with Gasteiger partial charge in [-0.25, -0.2) is 4.98 Å². The minimum Gasteiger partial charge on any atom is -0.457 e. The van der Waals surface area contributed by atoms with Crippen molar-refractivity contribution in [1.82, 2.24) is 4.98 Å². The summed E-state index contributed by atoms with van der Waals surface area (Å²) < 4.78 is 5.79. The largest absolute Gasteiger partial charge is 0.457 e. The Bertz CT molecular complexity index is 766. The van der Waals surface area contributed by atoms with E-state index >= 15 is 0 Å². The van der Waals surface area contributed by atoms with E-state index in [9.17, 15) is 0 Å². The summed E-state index contributed by atoms with van der Waals surface area (Å²) in [6, 6.07) is 21.3. The van der Waals surface area contributed by atoms with E-state index < -0.39 is 0 Å². The lowest BCUT2D eigenvalue weighted by atomic mass is 10.2. The zero-order valence-electron chi connectivity index (χ0n) is 12.8. The maximum absolute atomic E-state index is 5.79. The number of ether oxygens (including phenoxy) is 1. The second-order valence-corrected chi connectivity index (χ2v) is 5.07. The van der Waals surface area contributed by atoms with Crippen LogP contribution in [0.5, 0.6) is 11.5 Å². The lowest BCUT2D eigenvalue weighted by molar-refractivity contribution is 0.482. The predicted octanol–water partition coefficient (Wildman–Crippen LogP) is 4.63. The molecular weight excluding hydrogens is 286 g/mol. The first-order valence-electron chi connectivity index (χ1n) is 7.34. The molecule has 0 amide bonds. The third kappa shape index (κ3) is 4.41. The molecule has 3 rings (SSSR count). The standard InChI is InChI=1S/C19H17N3O/c1-15-5-9-17(10-6-15)23-18-11-7-16(8-12-18)14-21-22-19-4-2-3-13-20-19/h2-14H,1H3,(H,20,22). The number of nitrogens with one attached hydrogen (secondary N) is 1. The van der Waals surface area contributed by atoms with Crippen LogP contribution in [-0.2, 0) is 0 Å². The van der Waals surface area contributed by atoms with E-state index in [1.165, 1.54) is 5.56 Å². The molecule has 0 unspecified atom stereocenters. The van der Waals surface area contributed by atoms with Gasteiger partial charge in [0.15, 0.2) is 0 Å². The molecule has 4 heteroatoms. The summed E-state index contributed by atoms with van der Waals surface area (Å²) >= 11 is 0. The van der Waals surface area contributed by atoms with Gasteiger partial charge in [-0.3, -0.25) is 5.43 Å². The fraction of sp³-hybridized carbons (Fsp3) is 0.0526. The monoisotopic (exact) mass is 303 g/mol. The van der Waals surface area contributed by atoms with Crippen molar-refractivity contribution >= 4 is 12.0 Å². The van der Waals surface area contributed by atoms with Crippen LogP contribution in [0.15, 0.2) is 78.0 Å². The van der Waals surface area contributed by atoms with Crippen LogP contribution in [0.1, 0.15) is 11.1 Å². The van der Waals surface area contributed by atoms with Crippen molar-refractivity contribution in [1.29, 1.82) is 0 Å². The highest BCUT2D eigenvalue weighted by Crippen LogP contribution is 2.21. The van der Waals surface area contributed by atoms with Crippen LogP contribution < -0.4 is 10.2 Å². The van der Waals surface area contributed by atoms with E-state index in [4.69, 9.17) is 4.74 Å². The van der Waals surface area contributed by atoms with Gasteiger partial charge in [0.2, 0.25) is 0 Å². The Balaban J connectivity index is 1.59. The Morgan fingerprint density at radius 1 is 0.913 bits per heavy atom. The number of aromatic nitrogens is 1. The number of nitrogens with zero attached hydrogens (tertiary/aromatic N) is 2. The Morgan fingerprint density at radius 2 is 1.61 bits per heavy atom. The number of pyridine rings is 1. The fourth-order valence-corrected chi connectivity index (χ4v) is 1.97. The summed E-state index contributed by atoms with van der Waals surface area (Å²) in [5, 5.41) is 4.16. The molecule has 1 N–H and O–H groups in total. The van der Waals surface area contributed by atoms with E-state index in [0.29, 0.717) is 5.82 Å². The average Bonchev–Trinajstić information content (AvgIpc) is 2.59. The third-order valence-electron chi connectivity index (χ3n) is 3.19. The number of rotatable bonds is 5. The van der Waals surface area contributed by atoms with Crippen LogP contribution in [0.4, 0.5) is 5.82 Å². The topological polar surface area (TPSA) is 46.5 Å². The molecule has 1 aromatic heterocycles. The van der Waals surface area contributed by atoms with E-state index in [2.05, 4.69) is 22.4 Å². The molecule has 1 heterocycles. The summed E-state index contributed by atoms with van der Waals surface area (Å²) in [4.78, 5) is 4.13. The maximum atomic E-state index is 5.79. The highest BCUT2D eigenvalue weighted by Gasteiger charge is 1.97. The Labute approximate surface area is 135 Å². The van der Waals surface area contributed by atoms with Gasteiger partial charge in [-0.05, 0) is 61.0 Å². The summed E-state index contributed by atoms with van der Waals surface area (Å²) in [5.74, 6) is 2.33. The van der Waals surface area contributed by atoms with Crippen molar-refractivity contribution in [3.63, 3.8) is 0 Å². The molecule has 0 bridgehead atoms. The van der Waals surface area contributed by atoms with Gasteiger partial charge in [-0.1, -0.05) is 23.8 Å². The number of anilines is 1. The highest BCUT2D eigenvalue weighted by molar-refractivity contribution is 5.80. The molecule has 0 aliphatic rings. The average molecular weight is 303 g/mol. The summed E-state index contributed by atoms with van der Waals surface area (Å²) in [6.45, 7) is 2.05. The molecule has 0 aliphatic heterocycles. The molecule has 2 aromatic carbocycles. The van der Waals surface area contributed by atoms with Crippen molar-refractivity contribution in [2.45, 2.75) is 6.92 Å². The second-order valence-electron chi connectivity index (χ2n) is 5.07. The highest BCUT2D eigenvalue weighted by atomic mass is 16.5. The van der Waals surface area contributed by atoms with Crippen molar-refractivity contribution in [3.8, 4) is 11.5 Å². The second kappa shape index (κ2) is 7.22. The molecule has 0 atom stereocenters. The smallest absolute Gasteiger partial charge is 0.146 e. The van der Waals surface area contributed by atoms with Gasteiger partial charge in [0.1, 0.15) is 17.3 Å². The summed E-state index contributed by atoms with van der Waals surface area (Å²) in [7, 11) is 0. The van der Waals surface area contributed by atoms with Crippen LogP contribution in [-0.4, -0.2) is 11.2 Å². The van der Waals surface area contributed by atoms with Gasteiger partial charge in [0.25, 0.3) is 0 Å². The van der Waals surface area contributed by atoms with Gasteiger partial charge in [0.05, 0.1) is 6.21 Å². The van der Waals surface area contributed by atoms with Gasteiger partial charge in [-0.2, -0.15) is 5.10 Å². The van der Waals surface area contributed by atoms with Crippen LogP contribution in [0.2, 0.25) is 0 Å². The predicted molar refractivity (Wildman–Crippen MR) is 93.1 cm³/mol. The Hall–Kier alpha value is -3.14. The minimum atomic E-state index is 0.711. The normalized spacial score (nSPS) is 10.7. The molecule has 3 aromatic rings. The molecule has 0 saturated carbocycles. The summed E-state index contributed by atoms with van der Waals surface area (Å²) in [5.41, 5.74) is 5.07. The zero-order valence-corrected chi connectivity index (χ0v) is 12.8. The maximum Gasteiger partial charge on any atom is 0.146 e. The molecule has 23 heavy (non-hydrogen) atoms. The van der Waals surface area contributed by atoms with Crippen LogP contribution >= 0.6 is 0 Å². The molecule has 0 spiro atoms. The quantitative estimate of drug-likeness (QED) is 0.552. The molecule has 0 saturated heterocycles. The number of hydrogen-bond donors (Lipinski definition) is 1. The Kier molecular flexibility index (Phi) is 4.64. The van der Waals surface area contributed by atoms with Gasteiger partial charge in [-0.15, -0.1) is 0 Å². The van der Waals surface area contributed by atoms with E-state index in [-0.39, 0.29) is 0 Å². The third-order valence-corrected chi connectivity index (χ3v) is 3.19.